The number of nitrogens with zero attached hydrogens (tertiary/aromatic N) is 3. The van der Waals surface area contributed by atoms with Crippen LogP contribution in [0.3, 0.4) is 0 Å². The SMILES string of the molecule is COc1cc2c(cc1OC)C1c3ccccc3N(CC(=O)N3CCOCC3)C(=O)N1CC2. The van der Waals surface area contributed by atoms with Gasteiger partial charge in [0.2, 0.25) is 5.91 Å². The van der Waals surface area contributed by atoms with Crippen LogP contribution in [0.15, 0.2) is 36.4 Å². The number of hydrogen-bond acceptors (Lipinski definition) is 5. The number of ether oxygens (including phenoxy) is 3. The van der Waals surface area contributed by atoms with Crippen molar-refractivity contribution in [3.8, 4) is 11.5 Å². The van der Waals surface area contributed by atoms with Crippen LogP contribution in [-0.2, 0) is 16.0 Å². The van der Waals surface area contributed by atoms with Crippen LogP contribution in [0.5, 0.6) is 11.5 Å². The van der Waals surface area contributed by atoms with Crippen molar-refractivity contribution in [3.05, 3.63) is 53.1 Å². The fourth-order valence-electron chi connectivity index (χ4n) is 4.91. The van der Waals surface area contributed by atoms with Crippen molar-refractivity contribution in [1.29, 1.82) is 0 Å². The van der Waals surface area contributed by atoms with Crippen LogP contribution in [0.25, 0.3) is 0 Å². The smallest absolute Gasteiger partial charge is 0.325 e. The van der Waals surface area contributed by atoms with Gasteiger partial charge in [-0.25, -0.2) is 4.79 Å². The number of methoxy groups -OCH3 is 2. The molecular formula is C24H27N3O5. The predicted molar refractivity (Wildman–Crippen MR) is 118 cm³/mol. The topological polar surface area (TPSA) is 71.5 Å². The van der Waals surface area contributed by atoms with Crippen molar-refractivity contribution < 1.29 is 23.8 Å². The maximum atomic E-state index is 13.6. The Bertz CT molecular complexity index is 1050. The number of carbonyl (C=O) groups excluding carboxylic acids is 2. The van der Waals surface area contributed by atoms with Crippen LogP contribution in [0.4, 0.5) is 10.5 Å². The number of rotatable bonds is 4. The highest BCUT2D eigenvalue weighted by Crippen LogP contribution is 2.46. The lowest BCUT2D eigenvalue weighted by molar-refractivity contribution is -0.133. The Labute approximate surface area is 187 Å². The minimum atomic E-state index is -0.225. The summed E-state index contributed by atoms with van der Waals surface area (Å²) < 4.78 is 16.4. The molecule has 0 bridgehead atoms. The zero-order valence-corrected chi connectivity index (χ0v) is 18.4. The molecule has 0 aliphatic carbocycles. The second-order valence-electron chi connectivity index (χ2n) is 8.17. The van der Waals surface area contributed by atoms with E-state index in [0.29, 0.717) is 50.8 Å². The van der Waals surface area contributed by atoms with Crippen LogP contribution < -0.4 is 14.4 Å². The molecule has 2 aromatic rings. The van der Waals surface area contributed by atoms with Crippen molar-refractivity contribution in [2.24, 2.45) is 0 Å². The fourth-order valence-corrected chi connectivity index (χ4v) is 4.91. The molecule has 0 saturated carbocycles. The van der Waals surface area contributed by atoms with Gasteiger partial charge in [0.25, 0.3) is 0 Å². The normalized spacial score (nSPS) is 19.8. The zero-order chi connectivity index (χ0) is 22.2. The average molecular weight is 437 g/mol. The van der Waals surface area contributed by atoms with E-state index >= 15 is 0 Å². The Morgan fingerprint density at radius 1 is 1.03 bits per heavy atom. The molecule has 3 amide bonds. The first-order chi connectivity index (χ1) is 15.6. The molecule has 8 nitrogen and oxygen atoms in total. The molecule has 0 radical (unpaired) electrons. The van der Waals surface area contributed by atoms with Crippen molar-refractivity contribution in [2.75, 3.05) is 58.5 Å². The van der Waals surface area contributed by atoms with E-state index in [9.17, 15) is 9.59 Å². The highest BCUT2D eigenvalue weighted by molar-refractivity contribution is 6.01. The summed E-state index contributed by atoms with van der Waals surface area (Å²) in [5.41, 5.74) is 3.97. The van der Waals surface area contributed by atoms with Gasteiger partial charge in [0.1, 0.15) is 6.54 Å². The summed E-state index contributed by atoms with van der Waals surface area (Å²) in [6.07, 6.45) is 0.714. The number of urea groups is 1. The molecule has 3 aliphatic rings. The van der Waals surface area contributed by atoms with Gasteiger partial charge >= 0.3 is 6.03 Å². The number of hydrogen-bond donors (Lipinski definition) is 0. The van der Waals surface area contributed by atoms with Crippen molar-refractivity contribution in [1.82, 2.24) is 9.80 Å². The van der Waals surface area contributed by atoms with Crippen LogP contribution in [0, 0.1) is 0 Å². The third kappa shape index (κ3) is 3.35. The number of carbonyl (C=O) groups is 2. The quantitative estimate of drug-likeness (QED) is 0.735. The van der Waals surface area contributed by atoms with Gasteiger partial charge in [-0.3, -0.25) is 9.69 Å². The highest BCUT2D eigenvalue weighted by atomic mass is 16.5. The van der Waals surface area contributed by atoms with Gasteiger partial charge in [0, 0.05) is 25.2 Å². The lowest BCUT2D eigenvalue weighted by Gasteiger charge is -2.46. The van der Waals surface area contributed by atoms with Gasteiger partial charge in [-0.1, -0.05) is 18.2 Å². The summed E-state index contributed by atoms with van der Waals surface area (Å²) in [6, 6.07) is 11.5. The third-order valence-corrected chi connectivity index (χ3v) is 6.53. The van der Waals surface area contributed by atoms with E-state index in [-0.39, 0.29) is 24.5 Å². The van der Waals surface area contributed by atoms with Crippen LogP contribution in [0.1, 0.15) is 22.7 Å². The van der Waals surface area contributed by atoms with E-state index in [2.05, 4.69) is 0 Å². The summed E-state index contributed by atoms with van der Waals surface area (Å²) in [5, 5.41) is 0. The first kappa shape index (κ1) is 20.6. The molecule has 8 heteroatoms. The monoisotopic (exact) mass is 437 g/mol. The number of amides is 3. The lowest BCUT2D eigenvalue weighted by Crippen LogP contribution is -2.55. The van der Waals surface area contributed by atoms with Crippen LogP contribution in [-0.4, -0.2) is 75.4 Å². The third-order valence-electron chi connectivity index (χ3n) is 6.53. The molecule has 1 atom stereocenters. The van der Waals surface area contributed by atoms with E-state index in [1.165, 1.54) is 0 Å². The van der Waals surface area contributed by atoms with E-state index in [4.69, 9.17) is 14.2 Å². The summed E-state index contributed by atoms with van der Waals surface area (Å²) in [6.45, 7) is 2.78. The molecule has 0 N–H and O–H groups in total. The minimum Gasteiger partial charge on any atom is -0.493 e. The summed E-state index contributed by atoms with van der Waals surface area (Å²) in [5.74, 6) is 1.27. The number of para-hydroxylation sites is 1. The minimum absolute atomic E-state index is 0.0257. The summed E-state index contributed by atoms with van der Waals surface area (Å²) in [7, 11) is 3.24. The molecule has 32 heavy (non-hydrogen) atoms. The van der Waals surface area contributed by atoms with Crippen molar-refractivity contribution >= 4 is 17.6 Å². The molecule has 3 aliphatic heterocycles. The van der Waals surface area contributed by atoms with Gasteiger partial charge < -0.3 is 24.0 Å². The average Bonchev–Trinajstić information content (AvgIpc) is 2.85. The standard InChI is InChI=1S/C24H27N3O5/c1-30-20-13-16-7-8-26-23(18(16)14-21(20)31-2)17-5-3-4-6-19(17)27(24(26)29)15-22(28)25-9-11-32-12-10-25/h3-6,13-14,23H,7-12,15H2,1-2H3. The first-order valence-corrected chi connectivity index (χ1v) is 10.9. The number of morpholine rings is 1. The number of benzene rings is 2. The second kappa shape index (κ2) is 8.35. The molecular weight excluding hydrogens is 410 g/mol. The summed E-state index contributed by atoms with van der Waals surface area (Å²) >= 11 is 0. The largest absolute Gasteiger partial charge is 0.493 e. The van der Waals surface area contributed by atoms with Crippen molar-refractivity contribution in [3.63, 3.8) is 0 Å². The highest BCUT2D eigenvalue weighted by Gasteiger charge is 2.42. The molecule has 5 rings (SSSR count). The molecule has 2 aromatic carbocycles. The van der Waals surface area contributed by atoms with Gasteiger partial charge in [-0.05, 0) is 35.7 Å². The van der Waals surface area contributed by atoms with E-state index < -0.39 is 0 Å². The summed E-state index contributed by atoms with van der Waals surface area (Å²) in [4.78, 5) is 31.8. The Morgan fingerprint density at radius 3 is 2.50 bits per heavy atom. The maximum absolute atomic E-state index is 13.6. The van der Waals surface area contributed by atoms with Gasteiger partial charge in [-0.2, -0.15) is 0 Å². The predicted octanol–water partition coefficient (Wildman–Crippen LogP) is 2.45. The fraction of sp³-hybridized carbons (Fsp3) is 0.417. The Hall–Kier alpha value is -3.26. The van der Waals surface area contributed by atoms with Gasteiger partial charge in [0.05, 0.1) is 39.2 Å². The molecule has 1 fully saturated rings. The molecule has 0 aromatic heterocycles. The Kier molecular flexibility index (Phi) is 5.38. The van der Waals surface area contributed by atoms with E-state index in [0.717, 1.165) is 22.4 Å². The molecule has 168 valence electrons. The Morgan fingerprint density at radius 2 is 1.75 bits per heavy atom. The lowest BCUT2D eigenvalue weighted by atomic mass is 9.85. The van der Waals surface area contributed by atoms with Gasteiger partial charge in [-0.15, -0.1) is 0 Å². The van der Waals surface area contributed by atoms with E-state index in [1.807, 2.05) is 41.3 Å². The number of fused-ring (bicyclic) bond motifs is 5. The van der Waals surface area contributed by atoms with E-state index in [1.54, 1.807) is 24.0 Å². The van der Waals surface area contributed by atoms with Crippen LogP contribution >= 0.6 is 0 Å². The first-order valence-electron chi connectivity index (χ1n) is 10.9. The molecule has 0 spiro atoms. The second-order valence-corrected chi connectivity index (χ2v) is 8.17. The molecule has 3 heterocycles. The van der Waals surface area contributed by atoms with Crippen LogP contribution in [0.2, 0.25) is 0 Å². The maximum Gasteiger partial charge on any atom is 0.325 e. The Balaban J connectivity index is 1.54. The zero-order valence-electron chi connectivity index (χ0n) is 18.4. The number of anilines is 1. The molecule has 1 saturated heterocycles. The van der Waals surface area contributed by atoms with Crippen molar-refractivity contribution in [2.45, 2.75) is 12.5 Å². The molecule has 1 unspecified atom stereocenters. The van der Waals surface area contributed by atoms with Gasteiger partial charge in [0.15, 0.2) is 11.5 Å².